The lowest BCUT2D eigenvalue weighted by atomic mass is 9.74. The second-order valence-electron chi connectivity index (χ2n) is 20.5. The summed E-state index contributed by atoms with van der Waals surface area (Å²) >= 11 is 0. The summed E-state index contributed by atoms with van der Waals surface area (Å²) in [7, 11) is 0. The molecule has 432 valence electrons. The summed E-state index contributed by atoms with van der Waals surface area (Å²) in [4.78, 5) is 43.1. The smallest absolute Gasteiger partial charge is 0.306 e. The third kappa shape index (κ3) is 10.3. The predicted octanol–water partition coefficient (Wildman–Crippen LogP) is 14.5. The number of esters is 1. The van der Waals surface area contributed by atoms with Crippen LogP contribution in [0.25, 0.3) is 44.6 Å². The van der Waals surface area contributed by atoms with E-state index in [0.29, 0.717) is 68.4 Å². The number of nitrogens with one attached hydrogen (secondary N) is 4. The van der Waals surface area contributed by atoms with Crippen molar-refractivity contribution in [1.82, 2.24) is 29.9 Å². The fraction of sp³-hybridized carbons (Fsp3) is 0.226. The van der Waals surface area contributed by atoms with Crippen molar-refractivity contribution in [3.05, 3.63) is 190 Å². The first-order valence-electron chi connectivity index (χ1n) is 26.6. The molecule has 0 saturated heterocycles. The zero-order valence-corrected chi connectivity index (χ0v) is 45.0. The molecule has 0 unspecified atom stereocenters. The van der Waals surface area contributed by atoms with Crippen molar-refractivity contribution in [2.75, 3.05) is 19.8 Å². The number of H-pyrrole nitrogens is 4. The Bertz CT molecular complexity index is 4200. The maximum atomic E-state index is 15.0. The first kappa shape index (κ1) is 56.3. The highest BCUT2D eigenvalue weighted by Crippen LogP contribution is 2.48. The van der Waals surface area contributed by atoms with Crippen LogP contribution in [0.15, 0.2) is 110 Å². The summed E-state index contributed by atoms with van der Waals surface area (Å²) in [5.41, 5.74) is 2.86. The predicted molar refractivity (Wildman–Crippen MR) is 291 cm³/mol. The van der Waals surface area contributed by atoms with Crippen LogP contribution in [0.5, 0.6) is 34.5 Å². The van der Waals surface area contributed by atoms with E-state index >= 15 is 4.39 Å². The van der Waals surface area contributed by atoms with Crippen molar-refractivity contribution in [2.45, 2.75) is 70.1 Å². The molecule has 6 aromatic carbocycles. The molecule has 4 aromatic heterocycles. The van der Waals surface area contributed by atoms with Crippen LogP contribution in [0.2, 0.25) is 0 Å². The van der Waals surface area contributed by atoms with Crippen molar-refractivity contribution >= 4 is 33.7 Å². The molecule has 5 N–H and O–H groups in total. The van der Waals surface area contributed by atoms with Crippen LogP contribution in [0.1, 0.15) is 80.1 Å². The lowest BCUT2D eigenvalue weighted by Gasteiger charge is -2.36. The molecule has 2 aliphatic rings. The number of fused-ring (bicyclic) bond motifs is 4. The summed E-state index contributed by atoms with van der Waals surface area (Å²) in [5, 5.41) is 8.75. The highest BCUT2D eigenvalue weighted by Gasteiger charge is 2.40. The molecule has 2 atom stereocenters. The summed E-state index contributed by atoms with van der Waals surface area (Å²) in [5.74, 6) is -10.8. The number of aromatic nitrogens is 6. The van der Waals surface area contributed by atoms with Crippen LogP contribution in [-0.4, -0.2) is 66.8 Å². The minimum Gasteiger partial charge on any atom is -0.493 e. The number of nitrogens with zero attached hydrogens (tertiary/aromatic N) is 2. The molecule has 0 bridgehead atoms. The third-order valence-electron chi connectivity index (χ3n) is 15.3. The molecular formula is C62H50F8N6O8. The molecule has 10 aromatic rings. The van der Waals surface area contributed by atoms with E-state index in [2.05, 4.69) is 29.9 Å². The second kappa shape index (κ2) is 22.6. The Hall–Kier alpha value is -9.60. The minimum atomic E-state index is -1.52. The van der Waals surface area contributed by atoms with Crippen molar-refractivity contribution in [2.24, 2.45) is 0 Å². The third-order valence-corrected chi connectivity index (χ3v) is 15.3. The molecule has 0 aliphatic carbocycles. The maximum absolute atomic E-state index is 15.0. The topological polar surface area (TPSA) is 189 Å². The molecular weight excluding hydrogens is 1110 g/mol. The molecule has 14 nitrogen and oxygen atoms in total. The van der Waals surface area contributed by atoms with Crippen LogP contribution < -0.4 is 18.9 Å². The standard InChI is InChI=1S/C32H27F4N3O4.C30H23F4N3O4/c1-3-41-24(40)10-7-17-5-4-6-21-29(17)42-14-12-32(21,2)23-16-38-31(39-23)20-15-18(8-9-22(20)33)43-30-25(34)19-11-13-37-28(19)26(35)27(30)36;1-30(10-12-40-27-15(5-8-22(38)39)3-2-4-19(27)30)21-14-36-29(37-21)18-13-16(6-7-20(18)31)41-28-23(32)17-9-11-35-26(17)24(33)25(28)34/h4-6,8-9,11,13,15-16,37H,3,7,10,12,14H2,1-2H3,(H,38,39);2-4,6-7,9,11,13-14,35H,5,8,10,12H2,1H3,(H,36,37)(H,38,39)/t32-;30-/m00/s1. The van der Waals surface area contributed by atoms with Gasteiger partial charge in [0.2, 0.25) is 23.1 Å². The molecule has 84 heavy (non-hydrogen) atoms. The zero-order chi connectivity index (χ0) is 59.2. The van der Waals surface area contributed by atoms with Gasteiger partial charge in [-0.2, -0.15) is 8.78 Å². The molecule has 0 saturated carbocycles. The van der Waals surface area contributed by atoms with E-state index in [-0.39, 0.29) is 74.9 Å². The first-order chi connectivity index (χ1) is 40.4. The van der Waals surface area contributed by atoms with Gasteiger partial charge < -0.3 is 48.7 Å². The normalized spacial score (nSPS) is 16.3. The maximum Gasteiger partial charge on any atom is 0.306 e. The van der Waals surface area contributed by atoms with E-state index < -0.39 is 74.8 Å². The number of carbonyl (C=O) groups excluding carboxylic acids is 1. The second-order valence-corrected chi connectivity index (χ2v) is 20.5. The average Bonchev–Trinajstić information content (AvgIpc) is 1.88. The number of carbonyl (C=O) groups is 2. The number of halogens is 8. The Balaban J connectivity index is 0.000000176. The van der Waals surface area contributed by atoms with Gasteiger partial charge in [0.1, 0.15) is 46.3 Å². The van der Waals surface area contributed by atoms with Crippen molar-refractivity contribution < 1.29 is 73.5 Å². The number of carboxylic acid groups (broad SMARTS) is 1. The summed E-state index contributed by atoms with van der Waals surface area (Å²) in [6, 6.07) is 20.8. The number of imidazole rings is 2. The lowest BCUT2D eigenvalue weighted by Crippen LogP contribution is -2.32. The molecule has 0 radical (unpaired) electrons. The van der Waals surface area contributed by atoms with Crippen molar-refractivity contribution in [1.29, 1.82) is 0 Å². The zero-order valence-electron chi connectivity index (χ0n) is 45.0. The van der Waals surface area contributed by atoms with Gasteiger partial charge in [0.25, 0.3) is 0 Å². The Morgan fingerprint density at radius 1 is 0.595 bits per heavy atom. The van der Waals surface area contributed by atoms with Gasteiger partial charge in [-0.05, 0) is 106 Å². The number of ether oxygens (including phenoxy) is 5. The monoisotopic (exact) mass is 1160 g/mol. The minimum absolute atomic E-state index is 0.00756. The molecule has 0 fully saturated rings. The summed E-state index contributed by atoms with van der Waals surface area (Å²) in [6.45, 7) is 6.86. The number of benzene rings is 6. The van der Waals surface area contributed by atoms with E-state index in [1.54, 1.807) is 19.3 Å². The number of aromatic amines is 4. The van der Waals surface area contributed by atoms with E-state index in [0.717, 1.165) is 34.4 Å². The Labute approximate surface area is 472 Å². The molecule has 2 aliphatic heterocycles. The largest absolute Gasteiger partial charge is 0.493 e. The van der Waals surface area contributed by atoms with Crippen LogP contribution >= 0.6 is 0 Å². The van der Waals surface area contributed by atoms with Gasteiger partial charge in [0, 0.05) is 81.7 Å². The fourth-order valence-electron chi connectivity index (χ4n) is 10.7. The van der Waals surface area contributed by atoms with Gasteiger partial charge in [-0.15, -0.1) is 0 Å². The number of aryl methyl sites for hydroxylation is 2. The Morgan fingerprint density at radius 2 is 1.05 bits per heavy atom. The van der Waals surface area contributed by atoms with Gasteiger partial charge in [0.05, 0.1) is 42.0 Å². The lowest BCUT2D eigenvalue weighted by molar-refractivity contribution is -0.143. The summed E-state index contributed by atoms with van der Waals surface area (Å²) < 4.78 is 146. The summed E-state index contributed by atoms with van der Waals surface area (Å²) in [6.07, 6.45) is 7.85. The Morgan fingerprint density at radius 3 is 1.49 bits per heavy atom. The van der Waals surface area contributed by atoms with Crippen LogP contribution in [0, 0.1) is 46.5 Å². The van der Waals surface area contributed by atoms with Gasteiger partial charge >= 0.3 is 11.9 Å². The van der Waals surface area contributed by atoms with Gasteiger partial charge in [-0.1, -0.05) is 36.4 Å². The van der Waals surface area contributed by atoms with Gasteiger partial charge in [-0.3, -0.25) is 9.59 Å². The van der Waals surface area contributed by atoms with Crippen LogP contribution in [0.3, 0.4) is 0 Å². The molecule has 6 heterocycles. The molecule has 12 rings (SSSR count). The van der Waals surface area contributed by atoms with E-state index in [1.807, 2.05) is 50.2 Å². The first-order valence-corrected chi connectivity index (χ1v) is 26.6. The number of aliphatic carboxylic acids is 1. The van der Waals surface area contributed by atoms with Crippen molar-refractivity contribution in [3.63, 3.8) is 0 Å². The number of carboxylic acids is 1. The molecule has 0 spiro atoms. The number of hydrogen-bond acceptors (Lipinski definition) is 9. The number of rotatable bonds is 15. The number of para-hydroxylation sites is 2. The highest BCUT2D eigenvalue weighted by molar-refractivity contribution is 5.84. The van der Waals surface area contributed by atoms with E-state index in [1.165, 1.54) is 48.8 Å². The number of hydrogen-bond donors (Lipinski definition) is 5. The average molecular weight is 1160 g/mol. The van der Waals surface area contributed by atoms with E-state index in [9.17, 15) is 40.3 Å². The van der Waals surface area contributed by atoms with Crippen molar-refractivity contribution in [3.8, 4) is 57.3 Å². The Kier molecular flexibility index (Phi) is 15.2. The van der Waals surface area contributed by atoms with Crippen LogP contribution in [-0.2, 0) is 38.0 Å². The SMILES string of the molecule is CCOC(=O)CCc1cccc2c1OCC[C@]2(C)c1cnc(-c2cc(Oc3c(F)c(F)c4[nH]ccc4c3F)ccc2F)[nH]1.C[C@]1(c2cnc(-c3cc(Oc4c(F)c(F)c5[nH]ccc5c4F)ccc3F)[nH]2)CCOc2c(CCC(=O)O)cccc21. The van der Waals surface area contributed by atoms with Gasteiger partial charge in [-0.25, -0.2) is 36.3 Å². The highest BCUT2D eigenvalue weighted by atomic mass is 19.2. The van der Waals surface area contributed by atoms with Crippen LogP contribution in [0.4, 0.5) is 35.1 Å². The molecule has 22 heteroatoms. The van der Waals surface area contributed by atoms with E-state index in [4.69, 9.17) is 28.8 Å². The quantitative estimate of drug-likeness (QED) is 0.0375. The molecule has 0 amide bonds. The fourth-order valence-corrected chi connectivity index (χ4v) is 10.7. The van der Waals surface area contributed by atoms with Gasteiger partial charge in [0.15, 0.2) is 23.3 Å².